The third-order valence-electron chi connectivity index (χ3n) is 5.87. The van der Waals surface area contributed by atoms with Crippen LogP contribution in [-0.2, 0) is 26.6 Å². The summed E-state index contributed by atoms with van der Waals surface area (Å²) in [4.78, 5) is 39.3. The molecule has 0 saturated heterocycles. The number of methoxy groups -OCH3 is 1. The second-order valence-corrected chi connectivity index (χ2v) is 11.3. The van der Waals surface area contributed by atoms with Crippen molar-refractivity contribution in [2.24, 2.45) is 5.92 Å². The maximum atomic E-state index is 13.4. The number of ether oxygens (including phenoxy) is 2. The Balaban J connectivity index is 1.62. The fourth-order valence-corrected chi connectivity index (χ4v) is 5.57. The van der Waals surface area contributed by atoms with Gasteiger partial charge in [-0.3, -0.25) is 14.4 Å². The monoisotopic (exact) mass is 568 g/mol. The van der Waals surface area contributed by atoms with Crippen LogP contribution in [0.1, 0.15) is 31.4 Å². The van der Waals surface area contributed by atoms with E-state index in [2.05, 4.69) is 16.0 Å². The maximum Gasteiger partial charge on any atom is 0.258 e. The highest BCUT2D eigenvalue weighted by atomic mass is 32.2. The molecule has 0 radical (unpaired) electrons. The molecule has 9 heteroatoms. The van der Waals surface area contributed by atoms with Gasteiger partial charge in [-0.05, 0) is 71.0 Å². The van der Waals surface area contributed by atoms with E-state index < -0.39 is 18.0 Å². The highest BCUT2D eigenvalue weighted by molar-refractivity contribution is 7.99. The van der Waals surface area contributed by atoms with Gasteiger partial charge in [-0.25, -0.2) is 0 Å². The summed E-state index contributed by atoms with van der Waals surface area (Å²) < 4.78 is 10.7. The van der Waals surface area contributed by atoms with Crippen molar-refractivity contribution in [3.05, 3.63) is 82.6 Å². The summed E-state index contributed by atoms with van der Waals surface area (Å²) in [6, 6.07) is 17.1. The Morgan fingerprint density at radius 3 is 2.26 bits per heavy atom. The van der Waals surface area contributed by atoms with E-state index in [0.717, 1.165) is 11.3 Å². The average molecular weight is 569 g/mol. The third kappa shape index (κ3) is 10.8. The first-order chi connectivity index (χ1) is 18.8. The number of benzene rings is 2. The fourth-order valence-electron chi connectivity index (χ4n) is 3.87. The van der Waals surface area contributed by atoms with Crippen molar-refractivity contribution in [1.29, 1.82) is 0 Å². The maximum absolute atomic E-state index is 13.4. The van der Waals surface area contributed by atoms with Gasteiger partial charge in [0.25, 0.3) is 5.91 Å². The summed E-state index contributed by atoms with van der Waals surface area (Å²) in [6.07, 6.45) is 0.812. The van der Waals surface area contributed by atoms with E-state index in [9.17, 15) is 14.4 Å². The zero-order valence-corrected chi connectivity index (χ0v) is 24.2. The Morgan fingerprint density at radius 2 is 1.62 bits per heavy atom. The zero-order chi connectivity index (χ0) is 28.0. The first-order valence-electron chi connectivity index (χ1n) is 12.9. The van der Waals surface area contributed by atoms with E-state index in [1.54, 1.807) is 42.7 Å². The van der Waals surface area contributed by atoms with Crippen LogP contribution < -0.4 is 20.1 Å². The van der Waals surface area contributed by atoms with Gasteiger partial charge in [0.15, 0.2) is 12.4 Å². The van der Waals surface area contributed by atoms with E-state index in [0.29, 0.717) is 24.3 Å². The molecule has 0 spiro atoms. The van der Waals surface area contributed by atoms with Crippen molar-refractivity contribution in [1.82, 2.24) is 10.6 Å². The molecular weight excluding hydrogens is 532 g/mol. The standard InChI is InChI=1S/C30H36N2O5S2/c1-21(2)15-27(31-29(34)17-37-25-11-9-24(36-3)10-12-25)30(35)32-26(16-22-7-5-4-6-8-22)28(33)20-39-19-23-13-14-38-18-23/h4-14,18,21,26-27H,15-17,19-20H2,1-3H3,(H,31,34)(H,32,35)/t26-,27-/m0/s1. The number of carbonyl (C=O) groups is 3. The summed E-state index contributed by atoms with van der Waals surface area (Å²) in [7, 11) is 1.57. The molecule has 0 fully saturated rings. The van der Waals surface area contributed by atoms with Gasteiger partial charge in [-0.15, -0.1) is 11.8 Å². The SMILES string of the molecule is COc1ccc(OCC(=O)N[C@@H](CC(C)C)C(=O)N[C@@H](Cc2ccccc2)C(=O)CSCc2ccsc2)cc1. The highest BCUT2D eigenvalue weighted by Crippen LogP contribution is 2.18. The lowest BCUT2D eigenvalue weighted by atomic mass is 10.00. The lowest BCUT2D eigenvalue weighted by Gasteiger charge is -2.24. The van der Waals surface area contributed by atoms with Gasteiger partial charge < -0.3 is 20.1 Å². The van der Waals surface area contributed by atoms with Gasteiger partial charge in [-0.2, -0.15) is 11.3 Å². The molecule has 3 aromatic rings. The molecule has 1 heterocycles. The van der Waals surface area contributed by atoms with Crippen molar-refractivity contribution >= 4 is 40.7 Å². The molecule has 0 bridgehead atoms. The normalized spacial score (nSPS) is 12.4. The summed E-state index contributed by atoms with van der Waals surface area (Å²) in [5.41, 5.74) is 2.13. The lowest BCUT2D eigenvalue weighted by Crippen LogP contribution is -2.53. The molecule has 7 nitrogen and oxygen atoms in total. The minimum absolute atomic E-state index is 0.0510. The van der Waals surface area contributed by atoms with Crippen LogP contribution in [0.5, 0.6) is 11.5 Å². The first-order valence-corrected chi connectivity index (χ1v) is 15.0. The molecule has 2 amide bonds. The topological polar surface area (TPSA) is 93.7 Å². The number of thioether (sulfide) groups is 1. The van der Waals surface area contributed by atoms with Crippen molar-refractivity contribution in [3.8, 4) is 11.5 Å². The Hall–Kier alpha value is -3.30. The summed E-state index contributed by atoms with van der Waals surface area (Å²) >= 11 is 3.16. The van der Waals surface area contributed by atoms with Gasteiger partial charge in [0.2, 0.25) is 5.91 Å². The number of carbonyl (C=O) groups excluding carboxylic acids is 3. The molecule has 2 atom stereocenters. The largest absolute Gasteiger partial charge is 0.497 e. The van der Waals surface area contributed by atoms with Gasteiger partial charge in [0.1, 0.15) is 17.5 Å². The number of Topliss-reactive ketones (excluding diaryl/α,β-unsaturated/α-hetero) is 1. The highest BCUT2D eigenvalue weighted by Gasteiger charge is 2.27. The summed E-state index contributed by atoms with van der Waals surface area (Å²) in [5, 5.41) is 9.81. The summed E-state index contributed by atoms with van der Waals surface area (Å²) in [6.45, 7) is 3.72. The van der Waals surface area contributed by atoms with Gasteiger partial charge in [-0.1, -0.05) is 44.2 Å². The van der Waals surface area contributed by atoms with Crippen LogP contribution in [0.25, 0.3) is 0 Å². The molecular formula is C30H36N2O5S2. The molecule has 0 unspecified atom stereocenters. The van der Waals surface area contributed by atoms with Crippen LogP contribution in [0.2, 0.25) is 0 Å². The second kappa shape index (κ2) is 16.0. The Morgan fingerprint density at radius 1 is 0.897 bits per heavy atom. The second-order valence-electron chi connectivity index (χ2n) is 9.56. The van der Waals surface area contributed by atoms with Crippen molar-refractivity contribution in [2.75, 3.05) is 19.5 Å². The number of amides is 2. The summed E-state index contributed by atoms with van der Waals surface area (Å²) in [5.74, 6) is 1.53. The molecule has 39 heavy (non-hydrogen) atoms. The molecule has 0 aliphatic carbocycles. The van der Waals surface area contributed by atoms with Crippen LogP contribution in [0.3, 0.4) is 0 Å². The van der Waals surface area contributed by atoms with Crippen molar-refractivity contribution in [3.63, 3.8) is 0 Å². The molecule has 3 rings (SSSR count). The number of hydrogen-bond donors (Lipinski definition) is 2. The van der Waals surface area contributed by atoms with E-state index in [-0.39, 0.29) is 30.0 Å². The van der Waals surface area contributed by atoms with Gasteiger partial charge in [0, 0.05) is 5.75 Å². The molecule has 2 aromatic carbocycles. The molecule has 0 aliphatic heterocycles. The molecule has 0 aliphatic rings. The predicted octanol–water partition coefficient (Wildman–Crippen LogP) is 4.90. The Labute approximate surface area is 238 Å². The number of thiophene rings is 1. The Bertz CT molecular complexity index is 1170. The van der Waals surface area contributed by atoms with Gasteiger partial charge in [0.05, 0.1) is 18.9 Å². The molecule has 208 valence electrons. The average Bonchev–Trinajstić information content (AvgIpc) is 3.45. The van der Waals surface area contributed by atoms with E-state index in [4.69, 9.17) is 9.47 Å². The van der Waals surface area contributed by atoms with Crippen LogP contribution in [0.4, 0.5) is 0 Å². The van der Waals surface area contributed by atoms with E-state index in [1.807, 2.05) is 55.6 Å². The molecule has 0 saturated carbocycles. The first kappa shape index (κ1) is 30.2. The fraction of sp³-hybridized carbons (Fsp3) is 0.367. The van der Waals surface area contributed by atoms with Crippen LogP contribution in [0, 0.1) is 5.92 Å². The van der Waals surface area contributed by atoms with Gasteiger partial charge >= 0.3 is 0 Å². The zero-order valence-electron chi connectivity index (χ0n) is 22.6. The molecule has 1 aromatic heterocycles. The number of rotatable bonds is 16. The van der Waals surface area contributed by atoms with Crippen LogP contribution in [-0.4, -0.2) is 49.2 Å². The van der Waals surface area contributed by atoms with Crippen LogP contribution in [0.15, 0.2) is 71.4 Å². The third-order valence-corrected chi connectivity index (χ3v) is 7.63. The Kier molecular flexibility index (Phi) is 12.4. The minimum Gasteiger partial charge on any atom is -0.497 e. The lowest BCUT2D eigenvalue weighted by molar-refractivity contribution is -0.132. The van der Waals surface area contributed by atoms with Crippen molar-refractivity contribution in [2.45, 2.75) is 44.5 Å². The predicted molar refractivity (Wildman–Crippen MR) is 157 cm³/mol. The smallest absolute Gasteiger partial charge is 0.258 e. The quantitative estimate of drug-likeness (QED) is 0.255. The molecule has 2 N–H and O–H groups in total. The van der Waals surface area contributed by atoms with Crippen LogP contribution >= 0.6 is 23.1 Å². The van der Waals surface area contributed by atoms with E-state index >= 15 is 0 Å². The minimum atomic E-state index is -0.790. The number of ketones is 1. The van der Waals surface area contributed by atoms with Crippen molar-refractivity contribution < 1.29 is 23.9 Å². The van der Waals surface area contributed by atoms with E-state index in [1.165, 1.54) is 17.3 Å². The number of nitrogens with one attached hydrogen (secondary N) is 2. The number of hydrogen-bond acceptors (Lipinski definition) is 7.